The van der Waals surface area contributed by atoms with Gasteiger partial charge in [-0.05, 0) is 89.1 Å². The van der Waals surface area contributed by atoms with Crippen LogP contribution < -0.4 is 15.7 Å². The van der Waals surface area contributed by atoms with Crippen molar-refractivity contribution in [2.24, 2.45) is 0 Å². The van der Waals surface area contributed by atoms with E-state index in [9.17, 15) is 13.0 Å². The molecule has 1 aliphatic heterocycles. The van der Waals surface area contributed by atoms with Crippen LogP contribution in [0.5, 0.6) is 0 Å². The summed E-state index contributed by atoms with van der Waals surface area (Å²) in [6.07, 6.45) is 0. The molecular formula is C37H34N2O4S. The molecule has 4 aromatic carbocycles. The van der Waals surface area contributed by atoms with E-state index < -0.39 is 10.1 Å². The Morgan fingerprint density at radius 2 is 1.34 bits per heavy atom. The molecule has 6 rings (SSSR count). The molecule has 4 aromatic rings. The van der Waals surface area contributed by atoms with Crippen molar-refractivity contribution in [3.05, 3.63) is 124 Å². The molecule has 0 saturated carbocycles. The number of hydrogen-bond acceptors (Lipinski definition) is 5. The first kappa shape index (κ1) is 29.4. The standard InChI is InChI=1S/C37H34N2O4S/c1-21-15-23(3)36(24(4)16-21)38-27-11-13-29-32(19-27)43-33-20-28(39-37-25(5)17-22(2)18-26(37)6)12-14-30(33)35(29)31-9-7-8-10-34(31)44(40,41)42/h7-20,38H,1-6H3,(H,40,41,42). The fourth-order valence-corrected chi connectivity index (χ4v) is 6.95. The van der Waals surface area contributed by atoms with Crippen LogP contribution in [-0.4, -0.2) is 13.0 Å². The van der Waals surface area contributed by atoms with Crippen LogP contribution in [0.25, 0.3) is 33.4 Å². The third-order valence-corrected chi connectivity index (χ3v) is 8.93. The Labute approximate surface area is 257 Å². The zero-order chi connectivity index (χ0) is 31.3. The van der Waals surface area contributed by atoms with Gasteiger partial charge in [0.1, 0.15) is 21.5 Å². The molecule has 0 amide bonds. The predicted molar refractivity (Wildman–Crippen MR) is 175 cm³/mol. The van der Waals surface area contributed by atoms with Crippen LogP contribution in [0.1, 0.15) is 33.4 Å². The lowest BCUT2D eigenvalue weighted by Gasteiger charge is -2.19. The molecule has 2 aliphatic rings. The van der Waals surface area contributed by atoms with Crippen molar-refractivity contribution in [3.8, 4) is 22.5 Å². The van der Waals surface area contributed by atoms with E-state index in [0.717, 1.165) is 44.7 Å². The van der Waals surface area contributed by atoms with Crippen molar-refractivity contribution in [1.82, 2.24) is 0 Å². The summed E-state index contributed by atoms with van der Waals surface area (Å²) in [5.41, 5.74) is 12.0. The summed E-state index contributed by atoms with van der Waals surface area (Å²) in [6, 6.07) is 26.4. The fraction of sp³-hybridized carbons (Fsp3) is 0.162. The molecule has 7 heteroatoms. The molecule has 0 atom stereocenters. The maximum Gasteiger partial charge on any atom is 0.209 e. The van der Waals surface area contributed by atoms with Crippen LogP contribution in [0.3, 0.4) is 0 Å². The summed E-state index contributed by atoms with van der Waals surface area (Å²) in [6.45, 7) is 12.5. The van der Waals surface area contributed by atoms with Crippen LogP contribution in [0.2, 0.25) is 0 Å². The minimum absolute atomic E-state index is 0.269. The zero-order valence-corrected chi connectivity index (χ0v) is 26.4. The van der Waals surface area contributed by atoms with Gasteiger partial charge in [0.15, 0.2) is 0 Å². The number of nitrogens with one attached hydrogen (secondary N) is 2. The highest BCUT2D eigenvalue weighted by Crippen LogP contribution is 2.43. The minimum Gasteiger partial charge on any atom is -0.744 e. The van der Waals surface area contributed by atoms with Crippen LogP contribution in [0.4, 0.5) is 17.1 Å². The lowest BCUT2D eigenvalue weighted by atomic mass is 9.93. The van der Waals surface area contributed by atoms with Crippen LogP contribution in [0, 0.1) is 41.5 Å². The summed E-state index contributed by atoms with van der Waals surface area (Å²) in [7, 11) is -4.75. The molecule has 44 heavy (non-hydrogen) atoms. The third-order valence-electron chi connectivity index (χ3n) is 8.04. The van der Waals surface area contributed by atoms with Gasteiger partial charge in [0, 0.05) is 56.7 Å². The molecule has 0 fully saturated rings. The van der Waals surface area contributed by atoms with Gasteiger partial charge in [0.2, 0.25) is 11.0 Å². The Bertz CT molecular complexity index is 2200. The molecule has 0 spiro atoms. The van der Waals surface area contributed by atoms with E-state index in [1.165, 1.54) is 17.2 Å². The molecule has 0 radical (unpaired) electrons. The van der Waals surface area contributed by atoms with E-state index in [2.05, 4.69) is 76.1 Å². The molecule has 1 heterocycles. The second-order valence-electron chi connectivity index (χ2n) is 11.6. The molecule has 0 bridgehead atoms. The molecule has 0 unspecified atom stereocenters. The number of benzene rings is 5. The van der Waals surface area contributed by atoms with Gasteiger partial charge in [0.25, 0.3) is 0 Å². The van der Waals surface area contributed by atoms with Crippen LogP contribution in [-0.2, 0) is 10.1 Å². The third kappa shape index (κ3) is 5.52. The van der Waals surface area contributed by atoms with Gasteiger partial charge < -0.3 is 14.3 Å². The second kappa shape index (κ2) is 11.1. The maximum absolute atomic E-state index is 12.4. The number of hydrogen-bond donors (Lipinski definition) is 2. The van der Waals surface area contributed by atoms with Crippen molar-refractivity contribution in [1.29, 1.82) is 0 Å². The first-order valence-electron chi connectivity index (χ1n) is 14.5. The summed E-state index contributed by atoms with van der Waals surface area (Å²) in [5.74, 6) is 0.554. The first-order valence-corrected chi connectivity index (χ1v) is 15.9. The van der Waals surface area contributed by atoms with Gasteiger partial charge in [0.05, 0.1) is 11.0 Å². The molecule has 6 nitrogen and oxygen atoms in total. The Morgan fingerprint density at radius 1 is 0.705 bits per heavy atom. The molecule has 0 saturated heterocycles. The van der Waals surface area contributed by atoms with E-state index >= 15 is 0 Å². The van der Waals surface area contributed by atoms with Crippen molar-refractivity contribution >= 4 is 38.1 Å². The van der Waals surface area contributed by atoms with Crippen LogP contribution >= 0.6 is 0 Å². The highest BCUT2D eigenvalue weighted by Gasteiger charge is 2.22. The zero-order valence-electron chi connectivity index (χ0n) is 25.6. The largest absolute Gasteiger partial charge is 0.744 e. The van der Waals surface area contributed by atoms with E-state index in [-0.39, 0.29) is 4.90 Å². The summed E-state index contributed by atoms with van der Waals surface area (Å²) in [5, 5.41) is 5.07. The van der Waals surface area contributed by atoms with Crippen molar-refractivity contribution in [2.45, 2.75) is 46.4 Å². The molecular weight excluding hydrogens is 568 g/mol. The number of anilines is 2. The van der Waals surface area contributed by atoms with Gasteiger partial charge in [-0.2, -0.15) is 0 Å². The summed E-state index contributed by atoms with van der Waals surface area (Å²) in [4.78, 5) is 3.28. The maximum atomic E-state index is 12.4. The van der Waals surface area contributed by atoms with E-state index in [1.54, 1.807) is 18.2 Å². The van der Waals surface area contributed by atoms with Gasteiger partial charge in [-0.3, -0.25) is 0 Å². The number of fused-ring (bicyclic) bond motifs is 2. The highest BCUT2D eigenvalue weighted by molar-refractivity contribution is 7.85. The average Bonchev–Trinajstić information content (AvgIpc) is 2.95. The monoisotopic (exact) mass is 602 g/mol. The van der Waals surface area contributed by atoms with Crippen LogP contribution in [0.15, 0.2) is 94.2 Å². The topological polar surface area (TPSA) is 96.3 Å². The van der Waals surface area contributed by atoms with Gasteiger partial charge in [-0.1, -0.05) is 41.5 Å². The predicted octanol–water partition coefficient (Wildman–Crippen LogP) is 7.02. The van der Waals surface area contributed by atoms with Crippen molar-refractivity contribution in [2.75, 3.05) is 5.32 Å². The van der Waals surface area contributed by atoms with Gasteiger partial charge >= 0.3 is 0 Å². The SMILES string of the molecule is Cc1cc(C)c(Nc2ccc3c(-c4ccccc4S(=O)(=O)[O-])c4ccc(=[NH+]c5c(C)cc(C)cc5C)cc-4oc3c2)c(C)c1. The smallest absolute Gasteiger partial charge is 0.209 e. The molecule has 1 aliphatic carbocycles. The second-order valence-corrected chi connectivity index (χ2v) is 13.0. The molecule has 0 aromatic heterocycles. The average molecular weight is 603 g/mol. The quantitative estimate of drug-likeness (QED) is 0.163. The number of aryl methyl sites for hydroxylation is 6. The van der Waals surface area contributed by atoms with Crippen molar-refractivity contribution in [3.63, 3.8) is 0 Å². The summed E-state index contributed by atoms with van der Waals surface area (Å²) < 4.78 is 43.7. The van der Waals surface area contributed by atoms with E-state index in [0.29, 0.717) is 33.4 Å². The molecule has 222 valence electrons. The Morgan fingerprint density at radius 3 is 2.00 bits per heavy atom. The highest BCUT2D eigenvalue weighted by atomic mass is 32.2. The van der Waals surface area contributed by atoms with Gasteiger partial charge in [-0.15, -0.1) is 0 Å². The molecule has 2 N–H and O–H groups in total. The Kier molecular flexibility index (Phi) is 7.40. The lowest BCUT2D eigenvalue weighted by Crippen LogP contribution is -2.71. The van der Waals surface area contributed by atoms with E-state index in [4.69, 9.17) is 4.42 Å². The first-order chi connectivity index (χ1) is 20.9. The fourth-order valence-electron chi connectivity index (χ4n) is 6.27. The Hall–Kier alpha value is -4.72. The Balaban J connectivity index is 1.62. The minimum atomic E-state index is -4.75. The van der Waals surface area contributed by atoms with Crippen molar-refractivity contribution < 1.29 is 22.4 Å². The number of rotatable bonds is 5. The summed E-state index contributed by atoms with van der Waals surface area (Å²) >= 11 is 0. The normalized spacial score (nSPS) is 12.3. The lowest BCUT2D eigenvalue weighted by molar-refractivity contribution is -0.403. The van der Waals surface area contributed by atoms with Gasteiger partial charge in [-0.25, -0.2) is 13.4 Å². The van der Waals surface area contributed by atoms with E-state index in [1.807, 2.05) is 36.4 Å².